The maximum atomic E-state index is 11.9. The lowest BCUT2D eigenvalue weighted by atomic mass is 10.2. The molecular formula is C14H19N3O3S. The fraction of sp³-hybridized carbons (Fsp3) is 0.429. The van der Waals surface area contributed by atoms with Crippen LogP contribution < -0.4 is 4.72 Å². The van der Waals surface area contributed by atoms with Gasteiger partial charge in [-0.25, -0.2) is 13.1 Å². The van der Waals surface area contributed by atoms with Crippen molar-refractivity contribution >= 4 is 10.0 Å². The van der Waals surface area contributed by atoms with Gasteiger partial charge in [0.05, 0.1) is 12.3 Å². The second-order valence-electron chi connectivity index (χ2n) is 5.06. The first-order valence-electron chi connectivity index (χ1n) is 6.80. The van der Waals surface area contributed by atoms with Crippen LogP contribution in [0.5, 0.6) is 0 Å². The Balaban J connectivity index is 1.86. The Morgan fingerprint density at radius 3 is 2.52 bits per heavy atom. The average molecular weight is 309 g/mol. The average Bonchev–Trinajstić information content (AvgIpc) is 2.94. The van der Waals surface area contributed by atoms with E-state index in [4.69, 9.17) is 4.42 Å². The third kappa shape index (κ3) is 4.95. The molecule has 0 radical (unpaired) electrons. The molecule has 1 aromatic heterocycles. The SMILES string of the molecule is CC(C)c1nnc(CNS(=O)(=O)CCc2ccccc2)o1. The molecule has 0 bridgehead atoms. The van der Waals surface area contributed by atoms with Gasteiger partial charge in [0.15, 0.2) is 0 Å². The molecule has 2 aromatic rings. The number of aryl methyl sites for hydroxylation is 1. The second-order valence-corrected chi connectivity index (χ2v) is 6.99. The van der Waals surface area contributed by atoms with Crippen LogP contribution in [0.3, 0.4) is 0 Å². The number of benzene rings is 1. The lowest BCUT2D eigenvalue weighted by Gasteiger charge is -2.04. The van der Waals surface area contributed by atoms with E-state index in [1.165, 1.54) is 0 Å². The number of aromatic nitrogens is 2. The summed E-state index contributed by atoms with van der Waals surface area (Å²) < 4.78 is 31.7. The monoisotopic (exact) mass is 309 g/mol. The molecular weight excluding hydrogens is 290 g/mol. The van der Waals surface area contributed by atoms with Crippen LogP contribution in [0.15, 0.2) is 34.7 Å². The molecule has 0 aliphatic rings. The summed E-state index contributed by atoms with van der Waals surface area (Å²) in [5, 5.41) is 7.67. The zero-order chi connectivity index (χ0) is 15.3. The molecule has 6 nitrogen and oxygen atoms in total. The van der Waals surface area contributed by atoms with Crippen molar-refractivity contribution in [3.05, 3.63) is 47.7 Å². The van der Waals surface area contributed by atoms with E-state index >= 15 is 0 Å². The van der Waals surface area contributed by atoms with Crippen molar-refractivity contribution in [2.45, 2.75) is 32.7 Å². The quantitative estimate of drug-likeness (QED) is 0.843. The summed E-state index contributed by atoms with van der Waals surface area (Å²) in [6.45, 7) is 3.89. The van der Waals surface area contributed by atoms with Gasteiger partial charge in [-0.2, -0.15) is 0 Å². The van der Waals surface area contributed by atoms with Gasteiger partial charge in [0.1, 0.15) is 0 Å². The molecule has 21 heavy (non-hydrogen) atoms. The lowest BCUT2D eigenvalue weighted by Crippen LogP contribution is -2.27. The molecule has 2 rings (SSSR count). The van der Waals surface area contributed by atoms with Crippen LogP contribution >= 0.6 is 0 Å². The van der Waals surface area contributed by atoms with Crippen LogP contribution in [-0.2, 0) is 23.0 Å². The Morgan fingerprint density at radius 2 is 1.90 bits per heavy atom. The van der Waals surface area contributed by atoms with Crippen molar-refractivity contribution in [2.75, 3.05) is 5.75 Å². The summed E-state index contributed by atoms with van der Waals surface area (Å²) in [5.74, 6) is 0.943. The third-order valence-corrected chi connectivity index (χ3v) is 4.25. The van der Waals surface area contributed by atoms with Crippen LogP contribution in [0.2, 0.25) is 0 Å². The summed E-state index contributed by atoms with van der Waals surface area (Å²) in [6, 6.07) is 9.49. The zero-order valence-electron chi connectivity index (χ0n) is 12.1. The molecule has 0 saturated heterocycles. The summed E-state index contributed by atoms with van der Waals surface area (Å²) in [7, 11) is -3.37. The van der Waals surface area contributed by atoms with Gasteiger partial charge in [0, 0.05) is 5.92 Å². The highest BCUT2D eigenvalue weighted by Gasteiger charge is 2.14. The maximum absolute atomic E-state index is 11.9. The normalized spacial score (nSPS) is 12.0. The molecule has 1 heterocycles. The molecule has 0 atom stereocenters. The molecule has 0 amide bonds. The topological polar surface area (TPSA) is 85.1 Å². The fourth-order valence-corrected chi connectivity index (χ4v) is 2.70. The molecule has 0 unspecified atom stereocenters. The van der Waals surface area contributed by atoms with Gasteiger partial charge in [0.25, 0.3) is 0 Å². The Bertz CT molecular complexity index is 666. The van der Waals surface area contributed by atoms with Crippen LogP contribution in [-0.4, -0.2) is 24.4 Å². The Kier molecular flexibility index (Phi) is 5.08. The number of rotatable bonds is 7. The first-order chi connectivity index (χ1) is 9.96. The van der Waals surface area contributed by atoms with Gasteiger partial charge < -0.3 is 4.42 Å². The number of nitrogens with zero attached hydrogens (tertiary/aromatic N) is 2. The molecule has 1 aromatic carbocycles. The minimum absolute atomic E-state index is 0.0246. The van der Waals surface area contributed by atoms with Gasteiger partial charge in [-0.15, -0.1) is 10.2 Å². The molecule has 7 heteroatoms. The van der Waals surface area contributed by atoms with Crippen molar-refractivity contribution in [2.24, 2.45) is 0 Å². The highest BCUT2D eigenvalue weighted by molar-refractivity contribution is 7.89. The van der Waals surface area contributed by atoms with E-state index in [0.717, 1.165) is 5.56 Å². The van der Waals surface area contributed by atoms with Crippen LogP contribution in [0, 0.1) is 0 Å². The van der Waals surface area contributed by atoms with Crippen LogP contribution in [0.1, 0.15) is 37.1 Å². The summed E-state index contributed by atoms with van der Waals surface area (Å²) in [5.41, 5.74) is 0.989. The Hall–Kier alpha value is -1.73. The van der Waals surface area contributed by atoms with Gasteiger partial charge in [-0.1, -0.05) is 44.2 Å². The third-order valence-electron chi connectivity index (χ3n) is 2.92. The van der Waals surface area contributed by atoms with E-state index in [-0.39, 0.29) is 24.1 Å². The molecule has 1 N–H and O–H groups in total. The Morgan fingerprint density at radius 1 is 1.19 bits per heavy atom. The fourth-order valence-electron chi connectivity index (χ4n) is 1.71. The molecule has 0 aliphatic heterocycles. The van der Waals surface area contributed by atoms with Crippen molar-refractivity contribution < 1.29 is 12.8 Å². The Labute approximate surface area is 124 Å². The van der Waals surface area contributed by atoms with Crippen molar-refractivity contribution in [1.82, 2.24) is 14.9 Å². The predicted octanol–water partition coefficient (Wildman–Crippen LogP) is 1.86. The number of sulfonamides is 1. The highest BCUT2D eigenvalue weighted by Crippen LogP contribution is 2.11. The summed E-state index contributed by atoms with van der Waals surface area (Å²) >= 11 is 0. The highest BCUT2D eigenvalue weighted by atomic mass is 32.2. The first-order valence-corrected chi connectivity index (χ1v) is 8.45. The minimum atomic E-state index is -3.37. The van der Waals surface area contributed by atoms with Gasteiger partial charge in [-0.3, -0.25) is 0 Å². The van der Waals surface area contributed by atoms with Crippen molar-refractivity contribution in [3.8, 4) is 0 Å². The second kappa shape index (κ2) is 6.82. The molecule has 114 valence electrons. The first kappa shape index (κ1) is 15.7. The maximum Gasteiger partial charge on any atom is 0.231 e. The summed E-state index contributed by atoms with van der Waals surface area (Å²) in [4.78, 5) is 0. The van der Waals surface area contributed by atoms with Crippen LogP contribution in [0.25, 0.3) is 0 Å². The zero-order valence-corrected chi connectivity index (χ0v) is 12.9. The van der Waals surface area contributed by atoms with E-state index in [2.05, 4.69) is 14.9 Å². The van der Waals surface area contributed by atoms with Crippen molar-refractivity contribution in [1.29, 1.82) is 0 Å². The number of hydrogen-bond acceptors (Lipinski definition) is 5. The van der Waals surface area contributed by atoms with E-state index in [9.17, 15) is 8.42 Å². The number of hydrogen-bond donors (Lipinski definition) is 1. The predicted molar refractivity (Wildman–Crippen MR) is 79.2 cm³/mol. The molecule has 0 fully saturated rings. The smallest absolute Gasteiger partial charge is 0.231 e. The molecule has 0 spiro atoms. The van der Waals surface area contributed by atoms with E-state index in [1.54, 1.807) is 0 Å². The molecule has 0 aliphatic carbocycles. The van der Waals surface area contributed by atoms with Crippen molar-refractivity contribution in [3.63, 3.8) is 0 Å². The van der Waals surface area contributed by atoms with E-state index < -0.39 is 10.0 Å². The van der Waals surface area contributed by atoms with Gasteiger partial charge in [-0.05, 0) is 12.0 Å². The summed E-state index contributed by atoms with van der Waals surface area (Å²) in [6.07, 6.45) is 0.469. The van der Waals surface area contributed by atoms with E-state index in [0.29, 0.717) is 12.3 Å². The van der Waals surface area contributed by atoms with Crippen LogP contribution in [0.4, 0.5) is 0 Å². The lowest BCUT2D eigenvalue weighted by molar-refractivity contribution is 0.427. The largest absolute Gasteiger partial charge is 0.424 e. The molecule has 0 saturated carbocycles. The van der Waals surface area contributed by atoms with E-state index in [1.807, 2.05) is 44.2 Å². The standard InChI is InChI=1S/C14H19N3O3S/c1-11(2)14-17-16-13(20-14)10-15-21(18,19)9-8-12-6-4-3-5-7-12/h3-7,11,15H,8-10H2,1-2H3. The minimum Gasteiger partial charge on any atom is -0.424 e. The van der Waals surface area contributed by atoms with Gasteiger partial charge >= 0.3 is 0 Å². The van der Waals surface area contributed by atoms with Gasteiger partial charge in [0.2, 0.25) is 21.8 Å². The number of nitrogens with one attached hydrogen (secondary N) is 1.